The predicted molar refractivity (Wildman–Crippen MR) is 108 cm³/mol. The van der Waals surface area contributed by atoms with E-state index in [2.05, 4.69) is 36.6 Å². The lowest BCUT2D eigenvalue weighted by Gasteiger charge is -2.16. The van der Waals surface area contributed by atoms with Crippen LogP contribution in [0.5, 0.6) is 0 Å². The Bertz CT molecular complexity index is 972. The van der Waals surface area contributed by atoms with Gasteiger partial charge < -0.3 is 15.5 Å². The van der Waals surface area contributed by atoms with Crippen molar-refractivity contribution in [3.8, 4) is 11.4 Å². The van der Waals surface area contributed by atoms with Gasteiger partial charge in [0.15, 0.2) is 11.1 Å². The van der Waals surface area contributed by atoms with Crippen molar-refractivity contribution in [2.75, 3.05) is 23.3 Å². The highest BCUT2D eigenvalue weighted by Crippen LogP contribution is 2.29. The molecule has 0 radical (unpaired) electrons. The molecule has 0 unspecified atom stereocenters. The molecule has 3 aromatic heterocycles. The lowest BCUT2D eigenvalue weighted by Crippen LogP contribution is -2.35. The van der Waals surface area contributed by atoms with Gasteiger partial charge in [0.2, 0.25) is 0 Å². The molecule has 2 aliphatic heterocycles. The maximum Gasteiger partial charge on any atom is 0.197 e. The summed E-state index contributed by atoms with van der Waals surface area (Å²) in [7, 11) is 0. The van der Waals surface area contributed by atoms with Crippen molar-refractivity contribution in [1.82, 2.24) is 20.3 Å². The molecule has 0 aliphatic carbocycles. The maximum atomic E-state index is 4.84. The van der Waals surface area contributed by atoms with Gasteiger partial charge in [0.05, 0.1) is 17.9 Å². The molecule has 0 aromatic carbocycles. The predicted octanol–water partition coefficient (Wildman–Crippen LogP) is 2.88. The smallest absolute Gasteiger partial charge is 0.197 e. The summed E-state index contributed by atoms with van der Waals surface area (Å²) in [6.45, 7) is 3.43. The summed E-state index contributed by atoms with van der Waals surface area (Å²) >= 11 is 1.56. The number of nitrogens with zero attached hydrogens (tertiary/aromatic N) is 5. The van der Waals surface area contributed by atoms with Gasteiger partial charge in [0.25, 0.3) is 0 Å². The van der Waals surface area contributed by atoms with Gasteiger partial charge in [-0.25, -0.2) is 9.97 Å². The second-order valence-corrected chi connectivity index (χ2v) is 7.38. The van der Waals surface area contributed by atoms with Crippen molar-refractivity contribution >= 4 is 28.2 Å². The van der Waals surface area contributed by atoms with Crippen LogP contribution in [0.2, 0.25) is 0 Å². The zero-order chi connectivity index (χ0) is 18.1. The maximum absolute atomic E-state index is 4.84. The van der Waals surface area contributed by atoms with Gasteiger partial charge in [-0.2, -0.15) is 0 Å². The molecule has 2 N–H and O–H groups in total. The fraction of sp³-hybridized carbons (Fsp3) is 0.263. The van der Waals surface area contributed by atoms with E-state index in [0.717, 1.165) is 66.6 Å². The van der Waals surface area contributed by atoms with Gasteiger partial charge >= 0.3 is 0 Å². The summed E-state index contributed by atoms with van der Waals surface area (Å²) in [5, 5.41) is 9.35. The Morgan fingerprint density at radius 1 is 1.07 bits per heavy atom. The van der Waals surface area contributed by atoms with Gasteiger partial charge in [0.1, 0.15) is 11.5 Å². The second kappa shape index (κ2) is 6.96. The summed E-state index contributed by atoms with van der Waals surface area (Å²) < 4.78 is 0. The molecule has 8 heteroatoms. The van der Waals surface area contributed by atoms with E-state index in [0.29, 0.717) is 0 Å². The van der Waals surface area contributed by atoms with Crippen molar-refractivity contribution in [3.63, 3.8) is 0 Å². The van der Waals surface area contributed by atoms with Crippen molar-refractivity contribution in [3.05, 3.63) is 53.2 Å². The number of aromatic nitrogens is 3. The SMILES string of the molecule is c1cc(-c2csc(NC3=NCCCN3)n2)nc(N2Cc3cccnc3C2)c1. The van der Waals surface area contributed by atoms with E-state index in [1.807, 2.05) is 35.8 Å². The molecule has 7 nitrogen and oxygen atoms in total. The highest BCUT2D eigenvalue weighted by Gasteiger charge is 2.21. The van der Waals surface area contributed by atoms with E-state index < -0.39 is 0 Å². The molecule has 0 bridgehead atoms. The fourth-order valence-corrected chi connectivity index (χ4v) is 3.97. The van der Waals surface area contributed by atoms with Crippen molar-refractivity contribution in [1.29, 1.82) is 0 Å². The Balaban J connectivity index is 1.35. The number of hydrogen-bond acceptors (Lipinski definition) is 8. The molecule has 0 fully saturated rings. The molecule has 0 spiro atoms. The molecule has 0 amide bonds. The lowest BCUT2D eigenvalue weighted by atomic mass is 10.2. The zero-order valence-electron chi connectivity index (χ0n) is 14.7. The Kier molecular flexibility index (Phi) is 4.17. The molecular weight excluding hydrogens is 358 g/mol. The number of pyridine rings is 2. The third kappa shape index (κ3) is 3.35. The topological polar surface area (TPSA) is 78.3 Å². The van der Waals surface area contributed by atoms with Crippen LogP contribution in [-0.2, 0) is 13.1 Å². The van der Waals surface area contributed by atoms with Gasteiger partial charge in [-0.1, -0.05) is 12.1 Å². The third-order valence-electron chi connectivity index (χ3n) is 4.63. The number of aliphatic imine (C=N–C) groups is 1. The van der Waals surface area contributed by atoms with E-state index in [4.69, 9.17) is 4.98 Å². The fourth-order valence-electron chi connectivity index (χ4n) is 3.27. The van der Waals surface area contributed by atoms with Crippen LogP contribution in [0.1, 0.15) is 17.7 Å². The first-order valence-electron chi connectivity index (χ1n) is 9.01. The minimum Gasteiger partial charge on any atom is -0.356 e. The van der Waals surface area contributed by atoms with E-state index in [-0.39, 0.29) is 0 Å². The van der Waals surface area contributed by atoms with Crippen LogP contribution >= 0.6 is 11.3 Å². The van der Waals surface area contributed by atoms with Crippen molar-refractivity contribution < 1.29 is 0 Å². The molecule has 5 rings (SSSR count). The normalized spacial score (nSPS) is 15.9. The van der Waals surface area contributed by atoms with Crippen LogP contribution < -0.4 is 15.5 Å². The average Bonchev–Trinajstić information content (AvgIpc) is 3.36. The van der Waals surface area contributed by atoms with Gasteiger partial charge in [-0.15, -0.1) is 11.3 Å². The number of rotatable bonds is 3. The first kappa shape index (κ1) is 16.2. The lowest BCUT2D eigenvalue weighted by molar-refractivity contribution is 0.740. The summed E-state index contributed by atoms with van der Waals surface area (Å²) in [5.74, 6) is 1.75. The Hall–Kier alpha value is -3.00. The third-order valence-corrected chi connectivity index (χ3v) is 5.39. The van der Waals surface area contributed by atoms with Crippen LogP contribution in [0.3, 0.4) is 0 Å². The highest BCUT2D eigenvalue weighted by atomic mass is 32.1. The first-order chi connectivity index (χ1) is 13.3. The minimum absolute atomic E-state index is 0.794. The highest BCUT2D eigenvalue weighted by molar-refractivity contribution is 7.14. The van der Waals surface area contributed by atoms with Crippen molar-refractivity contribution in [2.45, 2.75) is 19.5 Å². The molecule has 136 valence electrons. The standard InChI is InChI=1S/C19H19N7S/c1-5-14(16-12-27-19(24-16)25-18-21-8-3-9-22-18)23-17(6-1)26-10-13-4-2-7-20-15(13)11-26/h1-2,4-7,12H,3,8-11H2,(H2,21,22,24,25). The Morgan fingerprint density at radius 3 is 2.96 bits per heavy atom. The van der Waals surface area contributed by atoms with Crippen molar-refractivity contribution in [2.24, 2.45) is 4.99 Å². The molecule has 5 heterocycles. The van der Waals surface area contributed by atoms with E-state index >= 15 is 0 Å². The minimum atomic E-state index is 0.794. The van der Waals surface area contributed by atoms with E-state index in [9.17, 15) is 0 Å². The van der Waals surface area contributed by atoms with Gasteiger partial charge in [0, 0.05) is 31.2 Å². The zero-order valence-corrected chi connectivity index (χ0v) is 15.5. The molecule has 0 saturated carbocycles. The number of anilines is 2. The number of nitrogens with one attached hydrogen (secondary N) is 2. The summed E-state index contributed by atoms with van der Waals surface area (Å²) in [6, 6.07) is 10.2. The molecule has 2 aliphatic rings. The van der Waals surface area contributed by atoms with Gasteiger partial charge in [-0.3, -0.25) is 9.98 Å². The molecule has 3 aromatic rings. The molecule has 0 atom stereocenters. The summed E-state index contributed by atoms with van der Waals surface area (Å²) in [6.07, 6.45) is 2.92. The average molecular weight is 377 g/mol. The number of hydrogen-bond donors (Lipinski definition) is 2. The second-order valence-electron chi connectivity index (χ2n) is 6.52. The van der Waals surface area contributed by atoms with E-state index in [1.165, 1.54) is 5.56 Å². The quantitative estimate of drug-likeness (QED) is 0.731. The summed E-state index contributed by atoms with van der Waals surface area (Å²) in [5.41, 5.74) is 4.14. The molecular formula is C19H19N7S. The van der Waals surface area contributed by atoms with Crippen LogP contribution in [0, 0.1) is 0 Å². The largest absolute Gasteiger partial charge is 0.356 e. The van der Waals surface area contributed by atoms with Gasteiger partial charge in [-0.05, 0) is 30.2 Å². The molecule has 0 saturated heterocycles. The monoisotopic (exact) mass is 377 g/mol. The van der Waals surface area contributed by atoms with E-state index in [1.54, 1.807) is 11.3 Å². The Morgan fingerprint density at radius 2 is 2.07 bits per heavy atom. The number of guanidine groups is 1. The number of fused-ring (bicyclic) bond motifs is 1. The van der Waals surface area contributed by atoms with Crippen LogP contribution in [0.25, 0.3) is 11.4 Å². The molecule has 27 heavy (non-hydrogen) atoms. The Labute approximate surface area is 161 Å². The van der Waals surface area contributed by atoms with Crippen LogP contribution in [0.15, 0.2) is 46.9 Å². The van der Waals surface area contributed by atoms with Crippen LogP contribution in [-0.4, -0.2) is 34.0 Å². The first-order valence-corrected chi connectivity index (χ1v) is 9.89. The summed E-state index contributed by atoms with van der Waals surface area (Å²) in [4.78, 5) is 20.6. The number of thiazole rings is 1. The van der Waals surface area contributed by atoms with Crippen LogP contribution in [0.4, 0.5) is 10.9 Å².